The lowest BCUT2D eigenvalue weighted by molar-refractivity contribution is -0.125. The van der Waals surface area contributed by atoms with Crippen LogP contribution in [0, 0.1) is 11.8 Å². The SMILES string of the molecule is CCNC(=NCCCOCC1CC1)NCCNC(=O)C1CCCCC1. The number of amides is 1. The molecule has 1 amide bonds. The third-order valence-corrected chi connectivity index (χ3v) is 4.80. The number of nitrogens with zero attached hydrogens (tertiary/aromatic N) is 1. The van der Waals surface area contributed by atoms with Crippen molar-refractivity contribution in [1.29, 1.82) is 0 Å². The molecular formula is C19H36N4O2. The smallest absolute Gasteiger partial charge is 0.223 e. The van der Waals surface area contributed by atoms with Gasteiger partial charge in [-0.3, -0.25) is 9.79 Å². The Balaban J connectivity index is 1.52. The Morgan fingerprint density at radius 2 is 1.80 bits per heavy atom. The van der Waals surface area contributed by atoms with E-state index >= 15 is 0 Å². The molecule has 6 nitrogen and oxygen atoms in total. The van der Waals surface area contributed by atoms with E-state index in [-0.39, 0.29) is 11.8 Å². The van der Waals surface area contributed by atoms with Crippen LogP contribution in [0.1, 0.15) is 58.3 Å². The Hall–Kier alpha value is -1.30. The number of carbonyl (C=O) groups excluding carboxylic acids is 1. The predicted octanol–water partition coefficient (Wildman–Crippen LogP) is 2.05. The molecular weight excluding hydrogens is 316 g/mol. The molecule has 0 radical (unpaired) electrons. The van der Waals surface area contributed by atoms with Gasteiger partial charge in [0.15, 0.2) is 5.96 Å². The lowest BCUT2D eigenvalue weighted by Gasteiger charge is -2.21. The van der Waals surface area contributed by atoms with Gasteiger partial charge in [-0.1, -0.05) is 19.3 Å². The number of ether oxygens (including phenoxy) is 1. The Morgan fingerprint density at radius 1 is 1.04 bits per heavy atom. The first-order valence-corrected chi connectivity index (χ1v) is 10.2. The first kappa shape index (κ1) is 20.0. The highest BCUT2D eigenvalue weighted by molar-refractivity contribution is 5.80. The zero-order chi connectivity index (χ0) is 17.7. The minimum Gasteiger partial charge on any atom is -0.381 e. The van der Waals surface area contributed by atoms with E-state index in [0.717, 1.165) is 57.4 Å². The van der Waals surface area contributed by atoms with E-state index in [1.54, 1.807) is 0 Å². The molecule has 3 N–H and O–H groups in total. The zero-order valence-corrected chi connectivity index (χ0v) is 15.8. The van der Waals surface area contributed by atoms with Gasteiger partial charge < -0.3 is 20.7 Å². The molecule has 0 aliphatic heterocycles. The monoisotopic (exact) mass is 352 g/mol. The molecule has 0 atom stereocenters. The van der Waals surface area contributed by atoms with Crippen LogP contribution >= 0.6 is 0 Å². The first-order chi connectivity index (χ1) is 12.3. The van der Waals surface area contributed by atoms with Crippen LogP contribution in [0.2, 0.25) is 0 Å². The van der Waals surface area contributed by atoms with Crippen LogP contribution in [-0.2, 0) is 9.53 Å². The molecule has 0 unspecified atom stereocenters. The molecule has 2 aliphatic carbocycles. The van der Waals surface area contributed by atoms with Crippen LogP contribution in [0.4, 0.5) is 0 Å². The van der Waals surface area contributed by atoms with Crippen molar-refractivity contribution in [1.82, 2.24) is 16.0 Å². The summed E-state index contributed by atoms with van der Waals surface area (Å²) in [5, 5.41) is 9.57. The van der Waals surface area contributed by atoms with E-state index in [9.17, 15) is 4.79 Å². The average molecular weight is 353 g/mol. The molecule has 0 aromatic carbocycles. The van der Waals surface area contributed by atoms with Crippen molar-refractivity contribution in [2.45, 2.75) is 58.3 Å². The van der Waals surface area contributed by atoms with Crippen molar-refractivity contribution in [3.05, 3.63) is 0 Å². The fourth-order valence-corrected chi connectivity index (χ4v) is 3.11. The molecule has 2 aliphatic rings. The second kappa shape index (κ2) is 12.1. The van der Waals surface area contributed by atoms with Crippen molar-refractivity contribution >= 4 is 11.9 Å². The van der Waals surface area contributed by atoms with Gasteiger partial charge in [0.05, 0.1) is 0 Å². The van der Waals surface area contributed by atoms with E-state index in [0.29, 0.717) is 13.1 Å². The van der Waals surface area contributed by atoms with Gasteiger partial charge in [0.25, 0.3) is 0 Å². The summed E-state index contributed by atoms with van der Waals surface area (Å²) in [4.78, 5) is 16.6. The van der Waals surface area contributed by atoms with E-state index in [1.807, 2.05) is 0 Å². The molecule has 0 heterocycles. The Morgan fingerprint density at radius 3 is 2.52 bits per heavy atom. The molecule has 25 heavy (non-hydrogen) atoms. The van der Waals surface area contributed by atoms with Gasteiger partial charge in [0.1, 0.15) is 0 Å². The summed E-state index contributed by atoms with van der Waals surface area (Å²) in [6, 6.07) is 0. The van der Waals surface area contributed by atoms with Gasteiger partial charge in [0, 0.05) is 45.3 Å². The van der Waals surface area contributed by atoms with E-state index in [4.69, 9.17) is 4.74 Å². The van der Waals surface area contributed by atoms with Crippen LogP contribution < -0.4 is 16.0 Å². The van der Waals surface area contributed by atoms with Crippen molar-refractivity contribution in [3.8, 4) is 0 Å². The van der Waals surface area contributed by atoms with Crippen LogP contribution in [0.15, 0.2) is 4.99 Å². The van der Waals surface area contributed by atoms with Crippen molar-refractivity contribution in [2.75, 3.05) is 39.4 Å². The summed E-state index contributed by atoms with van der Waals surface area (Å²) in [5.74, 6) is 2.09. The minimum absolute atomic E-state index is 0.219. The second-order valence-electron chi connectivity index (χ2n) is 7.19. The number of aliphatic imine (C=N–C) groups is 1. The average Bonchev–Trinajstić information content (AvgIpc) is 3.46. The molecule has 0 aromatic rings. The Labute approximate surface area is 152 Å². The lowest BCUT2D eigenvalue weighted by atomic mass is 9.89. The molecule has 0 saturated heterocycles. The van der Waals surface area contributed by atoms with Gasteiger partial charge >= 0.3 is 0 Å². The maximum absolute atomic E-state index is 12.1. The standard InChI is InChI=1S/C19H36N4O2/c1-2-20-19(22-11-6-14-25-15-16-9-10-16)23-13-12-21-18(24)17-7-4-3-5-8-17/h16-17H,2-15H2,1H3,(H,21,24)(H2,20,22,23). The highest BCUT2D eigenvalue weighted by Gasteiger charge is 2.21. The molecule has 0 aromatic heterocycles. The van der Waals surface area contributed by atoms with Crippen molar-refractivity contribution in [2.24, 2.45) is 16.8 Å². The third kappa shape index (κ3) is 9.10. The van der Waals surface area contributed by atoms with E-state index in [1.165, 1.54) is 32.1 Å². The van der Waals surface area contributed by atoms with Crippen LogP contribution in [0.5, 0.6) is 0 Å². The molecule has 2 fully saturated rings. The van der Waals surface area contributed by atoms with Crippen LogP contribution in [0.3, 0.4) is 0 Å². The Kier molecular flexibility index (Phi) is 9.70. The van der Waals surface area contributed by atoms with Crippen molar-refractivity contribution < 1.29 is 9.53 Å². The number of rotatable bonds is 11. The van der Waals surface area contributed by atoms with E-state index in [2.05, 4.69) is 27.9 Å². The number of carbonyl (C=O) groups is 1. The number of guanidine groups is 1. The van der Waals surface area contributed by atoms with Gasteiger partial charge in [-0.05, 0) is 44.9 Å². The highest BCUT2D eigenvalue weighted by Crippen LogP contribution is 2.28. The number of nitrogens with one attached hydrogen (secondary N) is 3. The van der Waals surface area contributed by atoms with Gasteiger partial charge in [0.2, 0.25) is 5.91 Å². The van der Waals surface area contributed by atoms with Gasteiger partial charge in [-0.2, -0.15) is 0 Å². The second-order valence-corrected chi connectivity index (χ2v) is 7.19. The highest BCUT2D eigenvalue weighted by atomic mass is 16.5. The summed E-state index contributed by atoms with van der Waals surface area (Å²) in [5.41, 5.74) is 0. The predicted molar refractivity (Wildman–Crippen MR) is 102 cm³/mol. The van der Waals surface area contributed by atoms with Crippen molar-refractivity contribution in [3.63, 3.8) is 0 Å². The molecule has 0 spiro atoms. The number of hydrogen-bond donors (Lipinski definition) is 3. The van der Waals surface area contributed by atoms with Crippen LogP contribution in [0.25, 0.3) is 0 Å². The summed E-state index contributed by atoms with van der Waals surface area (Å²) in [7, 11) is 0. The third-order valence-electron chi connectivity index (χ3n) is 4.80. The fourth-order valence-electron chi connectivity index (χ4n) is 3.11. The maximum atomic E-state index is 12.1. The minimum atomic E-state index is 0.219. The van der Waals surface area contributed by atoms with Gasteiger partial charge in [-0.25, -0.2) is 0 Å². The summed E-state index contributed by atoms with van der Waals surface area (Å²) >= 11 is 0. The Bertz CT molecular complexity index is 404. The molecule has 2 saturated carbocycles. The normalized spacial score (nSPS) is 18.8. The molecule has 2 rings (SSSR count). The van der Waals surface area contributed by atoms with Crippen LogP contribution in [-0.4, -0.2) is 51.3 Å². The van der Waals surface area contributed by atoms with Gasteiger partial charge in [-0.15, -0.1) is 0 Å². The fraction of sp³-hybridized carbons (Fsp3) is 0.895. The first-order valence-electron chi connectivity index (χ1n) is 10.2. The quantitative estimate of drug-likeness (QED) is 0.302. The summed E-state index contributed by atoms with van der Waals surface area (Å²) in [6.45, 7) is 6.69. The number of hydrogen-bond acceptors (Lipinski definition) is 3. The topological polar surface area (TPSA) is 74.8 Å². The molecule has 0 bridgehead atoms. The maximum Gasteiger partial charge on any atom is 0.223 e. The largest absolute Gasteiger partial charge is 0.381 e. The zero-order valence-electron chi connectivity index (χ0n) is 15.8. The lowest BCUT2D eigenvalue weighted by Crippen LogP contribution is -2.42. The summed E-state index contributed by atoms with van der Waals surface area (Å²) in [6.07, 6.45) is 9.38. The summed E-state index contributed by atoms with van der Waals surface area (Å²) < 4.78 is 5.62. The molecule has 144 valence electrons. The molecule has 6 heteroatoms. The van der Waals surface area contributed by atoms with E-state index < -0.39 is 0 Å².